The first-order chi connectivity index (χ1) is 15.3. The van der Waals surface area contributed by atoms with Crippen LogP contribution in [0, 0.1) is 6.16 Å². The Morgan fingerprint density at radius 1 is 0.516 bits per heavy atom. The molecule has 0 amide bonds. The van der Waals surface area contributed by atoms with Crippen LogP contribution in [0.5, 0.6) is 0 Å². The van der Waals surface area contributed by atoms with Crippen LogP contribution in [0.2, 0.25) is 0 Å². The Labute approximate surface area is 204 Å². The summed E-state index contributed by atoms with van der Waals surface area (Å²) in [5, 5.41) is 5.71. The number of hydrogen-bond acceptors (Lipinski definition) is 0. The fraction of sp³-hybridized carbons (Fsp3) is 0.0385. The van der Waals surface area contributed by atoms with Gasteiger partial charge in [-0.15, -0.1) is 6.16 Å². The normalized spacial score (nSPS) is 10.7. The van der Waals surface area contributed by atoms with Gasteiger partial charge in [0.1, 0.15) is 0 Å². The minimum atomic E-state index is -0.473. The molecule has 4 aromatic carbocycles. The van der Waals surface area contributed by atoms with Crippen molar-refractivity contribution in [1.82, 2.24) is 0 Å². The Balaban J connectivity index is 0.000000858. The van der Waals surface area contributed by atoms with Crippen LogP contribution in [-0.2, 0) is 16.5 Å². The molecule has 4 aromatic rings. The van der Waals surface area contributed by atoms with Gasteiger partial charge in [0.2, 0.25) is 0 Å². The molecule has 0 fully saturated rings. The third-order valence-electron chi connectivity index (χ3n) is 4.65. The molecule has 0 nitrogen and oxygen atoms in total. The van der Waals surface area contributed by atoms with E-state index in [0.717, 1.165) is 6.16 Å². The molecule has 0 aromatic heterocycles. The van der Waals surface area contributed by atoms with E-state index in [1.807, 2.05) is 0 Å². The number of halogens is 2. The van der Waals surface area contributed by atoms with Crippen molar-refractivity contribution >= 4 is 55.9 Å². The number of hydrogen-bond donors (Lipinski definition) is 0. The Bertz CT molecular complexity index is 825. The molecule has 31 heavy (non-hydrogen) atoms. The molecule has 0 aliphatic rings. The van der Waals surface area contributed by atoms with Gasteiger partial charge in [0, 0.05) is 0 Å². The van der Waals surface area contributed by atoms with E-state index in [-0.39, 0.29) is 0 Å². The van der Waals surface area contributed by atoms with Crippen LogP contribution in [0.4, 0.5) is 0 Å². The minimum absolute atomic E-state index is 0.403. The van der Waals surface area contributed by atoms with Gasteiger partial charge < -0.3 is 0 Å². The van der Waals surface area contributed by atoms with E-state index in [1.165, 1.54) is 21.2 Å². The third kappa shape index (κ3) is 7.82. The Hall–Kier alpha value is -0.992. The van der Waals surface area contributed by atoms with E-state index >= 15 is 0 Å². The van der Waals surface area contributed by atoms with E-state index in [2.05, 4.69) is 127 Å². The molecule has 0 aliphatic heterocycles. The zero-order valence-corrected chi connectivity index (χ0v) is 22.4. The summed E-state index contributed by atoms with van der Waals surface area (Å²) in [4.78, 5) is 0. The predicted molar refractivity (Wildman–Crippen MR) is 139 cm³/mol. The maximum absolute atomic E-state index is 4.88. The summed E-state index contributed by atoms with van der Waals surface area (Å²) in [5.41, 5.74) is 0. The number of benzene rings is 4. The minimum Gasteiger partial charge on any atom is -0.289 e. The summed E-state index contributed by atoms with van der Waals surface area (Å²) in [7, 11) is 8.87. The molecule has 0 saturated carbocycles. The molecular formula is C26H23Cl2P2Pt-. The Kier molecular flexibility index (Phi) is 11.3. The molecule has 4 rings (SSSR count). The molecular weight excluding hydrogens is 640 g/mol. The van der Waals surface area contributed by atoms with Crippen LogP contribution >= 0.6 is 34.7 Å². The second-order valence-corrected chi connectivity index (χ2v) is 14.2. The van der Waals surface area contributed by atoms with Crippen molar-refractivity contribution in [3.63, 3.8) is 0 Å². The van der Waals surface area contributed by atoms with Gasteiger partial charge in [0.25, 0.3) is 0 Å². The molecule has 0 unspecified atom stereocenters. The van der Waals surface area contributed by atoms with E-state index in [4.69, 9.17) is 18.8 Å². The molecule has 0 heterocycles. The fourth-order valence-corrected chi connectivity index (χ4v) is 8.07. The molecule has 0 spiro atoms. The van der Waals surface area contributed by atoms with Crippen LogP contribution in [0.25, 0.3) is 0 Å². The SMILES string of the molecule is [Cl][Pt][Cl].c1ccc(P([CH-]CP(c2ccccc2)c2ccccc2)c2ccccc2)cc1. The van der Waals surface area contributed by atoms with Gasteiger partial charge in [-0.05, 0) is 10.6 Å². The summed E-state index contributed by atoms with van der Waals surface area (Å²) in [6, 6.07) is 43.8. The van der Waals surface area contributed by atoms with Crippen molar-refractivity contribution in [2.45, 2.75) is 0 Å². The topological polar surface area (TPSA) is 0 Å². The first kappa shape index (κ1) is 24.6. The Morgan fingerprint density at radius 2 is 0.806 bits per heavy atom. The average molecular weight is 663 g/mol. The summed E-state index contributed by atoms with van der Waals surface area (Å²) in [6.45, 7) is 0. The monoisotopic (exact) mass is 662 g/mol. The van der Waals surface area contributed by atoms with Crippen LogP contribution in [0.3, 0.4) is 0 Å². The summed E-state index contributed by atoms with van der Waals surface area (Å²) >= 11 is -0.472. The molecule has 0 atom stereocenters. The van der Waals surface area contributed by atoms with Crippen molar-refractivity contribution in [1.29, 1.82) is 0 Å². The first-order valence-corrected chi connectivity index (χ1v) is 18.3. The summed E-state index contributed by atoms with van der Waals surface area (Å²) in [6.07, 6.45) is 3.66. The van der Waals surface area contributed by atoms with Gasteiger partial charge in [-0.3, -0.25) is 6.16 Å². The molecule has 0 aliphatic carbocycles. The molecule has 0 radical (unpaired) electrons. The molecule has 0 bridgehead atoms. The quantitative estimate of drug-likeness (QED) is 0.151. The van der Waals surface area contributed by atoms with Crippen LogP contribution in [-0.4, -0.2) is 6.16 Å². The van der Waals surface area contributed by atoms with Crippen LogP contribution < -0.4 is 21.2 Å². The molecule has 0 N–H and O–H groups in total. The van der Waals surface area contributed by atoms with E-state index in [1.54, 1.807) is 0 Å². The van der Waals surface area contributed by atoms with Crippen LogP contribution in [0.1, 0.15) is 0 Å². The van der Waals surface area contributed by atoms with Gasteiger partial charge in [-0.1, -0.05) is 140 Å². The first-order valence-electron chi connectivity index (χ1n) is 9.76. The number of rotatable bonds is 7. The zero-order chi connectivity index (χ0) is 21.7. The molecule has 5 heteroatoms. The van der Waals surface area contributed by atoms with Crippen molar-refractivity contribution in [3.05, 3.63) is 127 Å². The largest absolute Gasteiger partial charge is 0.289 e. The van der Waals surface area contributed by atoms with E-state index in [0.29, 0.717) is 0 Å². The van der Waals surface area contributed by atoms with Gasteiger partial charge >= 0.3 is 35.3 Å². The maximum atomic E-state index is 4.88. The second-order valence-electron chi connectivity index (χ2n) is 6.55. The maximum Gasteiger partial charge on any atom is -0.0220 e. The van der Waals surface area contributed by atoms with Crippen molar-refractivity contribution in [2.75, 3.05) is 6.16 Å². The van der Waals surface area contributed by atoms with Crippen molar-refractivity contribution in [2.24, 2.45) is 0 Å². The van der Waals surface area contributed by atoms with Gasteiger partial charge in [-0.25, -0.2) is 7.92 Å². The predicted octanol–water partition coefficient (Wildman–Crippen LogP) is 6.79. The van der Waals surface area contributed by atoms with Crippen LogP contribution in [0.15, 0.2) is 121 Å². The molecule has 0 saturated heterocycles. The fourth-order valence-electron chi connectivity index (χ4n) is 3.28. The standard InChI is InChI=1S/C26H23P2.2ClH.Pt/c1-5-13-23(14-6-1)27(24-15-7-2-8-16-24)21-22-28(25-17-9-3-10-18-25)26-19-11-4-12-20-26;;;/h1-21H,22H2;2*1H;/q-1;;;+2/p-2. The average Bonchev–Trinajstić information content (AvgIpc) is 2.85. The van der Waals surface area contributed by atoms with E-state index < -0.39 is 32.3 Å². The zero-order valence-electron chi connectivity index (χ0n) is 16.8. The van der Waals surface area contributed by atoms with Gasteiger partial charge in [-0.2, -0.15) is 0 Å². The Morgan fingerprint density at radius 3 is 1.13 bits per heavy atom. The molecule has 162 valence electrons. The van der Waals surface area contributed by atoms with Crippen molar-refractivity contribution in [3.8, 4) is 0 Å². The van der Waals surface area contributed by atoms with Gasteiger partial charge in [0.15, 0.2) is 0 Å². The van der Waals surface area contributed by atoms with E-state index in [9.17, 15) is 0 Å². The second kappa shape index (κ2) is 14.2. The summed E-state index contributed by atoms with van der Waals surface area (Å²) < 4.78 is 0. The summed E-state index contributed by atoms with van der Waals surface area (Å²) in [5.74, 6) is 0. The van der Waals surface area contributed by atoms with Gasteiger partial charge in [0.05, 0.1) is 0 Å². The third-order valence-corrected chi connectivity index (χ3v) is 9.59. The van der Waals surface area contributed by atoms with Crippen molar-refractivity contribution < 1.29 is 16.5 Å². The smallest absolute Gasteiger partial charge is 0.0220 e.